The van der Waals surface area contributed by atoms with Crippen LogP contribution in [0.1, 0.15) is 30.7 Å². The Morgan fingerprint density at radius 2 is 2.62 bits per heavy atom. The summed E-state index contributed by atoms with van der Waals surface area (Å²) >= 11 is 1.37. The summed E-state index contributed by atoms with van der Waals surface area (Å²) < 4.78 is 3.79. The number of nitrogens with zero attached hydrogens (tertiary/aromatic N) is 2. The molecule has 1 atom stereocenters. The third kappa shape index (κ3) is 3.22. The summed E-state index contributed by atoms with van der Waals surface area (Å²) in [6, 6.07) is 0.150. The maximum atomic E-state index is 5.42. The summed E-state index contributed by atoms with van der Waals surface area (Å²) in [5, 5.41) is 3.77. The molecule has 1 aromatic rings. The lowest BCUT2D eigenvalue weighted by molar-refractivity contribution is 0.522. The van der Waals surface area contributed by atoms with Crippen molar-refractivity contribution < 1.29 is 0 Å². The van der Waals surface area contributed by atoms with Gasteiger partial charge in [0.2, 0.25) is 0 Å². The van der Waals surface area contributed by atoms with Crippen molar-refractivity contribution in [2.45, 2.75) is 25.8 Å². The monoisotopic (exact) mass is 198 g/mol. The fourth-order valence-corrected chi connectivity index (χ4v) is 1.62. The van der Waals surface area contributed by atoms with Crippen LogP contribution in [0.2, 0.25) is 0 Å². The van der Waals surface area contributed by atoms with Gasteiger partial charge in [-0.25, -0.2) is 0 Å². The minimum Gasteiger partial charge on any atom is -0.271 e. The Hall–Kier alpha value is -0.780. The van der Waals surface area contributed by atoms with Crippen molar-refractivity contribution in [1.29, 1.82) is 0 Å². The van der Waals surface area contributed by atoms with E-state index in [4.69, 9.17) is 5.84 Å². The van der Waals surface area contributed by atoms with E-state index in [0.29, 0.717) is 0 Å². The van der Waals surface area contributed by atoms with Crippen molar-refractivity contribution in [3.63, 3.8) is 0 Å². The molecule has 0 saturated carbocycles. The van der Waals surface area contributed by atoms with Crippen molar-refractivity contribution in [2.24, 2.45) is 5.84 Å². The van der Waals surface area contributed by atoms with Crippen LogP contribution in [-0.2, 0) is 0 Å². The topological polar surface area (TPSA) is 63.8 Å². The van der Waals surface area contributed by atoms with E-state index in [9.17, 15) is 0 Å². The summed E-state index contributed by atoms with van der Waals surface area (Å²) in [6.45, 7) is 5.86. The zero-order valence-electron chi connectivity index (χ0n) is 7.66. The highest BCUT2D eigenvalue weighted by Gasteiger charge is 2.11. The second-order valence-electron chi connectivity index (χ2n) is 3.03. The van der Waals surface area contributed by atoms with Crippen LogP contribution >= 0.6 is 11.5 Å². The van der Waals surface area contributed by atoms with E-state index < -0.39 is 0 Å². The van der Waals surface area contributed by atoms with Crippen molar-refractivity contribution in [2.75, 3.05) is 0 Å². The van der Waals surface area contributed by atoms with Crippen LogP contribution in [0.25, 0.3) is 0 Å². The van der Waals surface area contributed by atoms with Gasteiger partial charge in [-0.15, -0.1) is 11.7 Å². The highest BCUT2D eigenvalue weighted by Crippen LogP contribution is 2.20. The lowest BCUT2D eigenvalue weighted by Crippen LogP contribution is -2.27. The number of hydrogen-bond acceptors (Lipinski definition) is 5. The molecule has 1 rings (SSSR count). The van der Waals surface area contributed by atoms with E-state index in [1.165, 1.54) is 11.5 Å². The fourth-order valence-electron chi connectivity index (χ4n) is 1.03. The lowest BCUT2D eigenvalue weighted by Gasteiger charge is -2.12. The number of allylic oxidation sites excluding steroid dienone is 1. The van der Waals surface area contributed by atoms with Crippen molar-refractivity contribution in [3.05, 3.63) is 23.2 Å². The first kappa shape index (κ1) is 10.3. The zero-order valence-corrected chi connectivity index (χ0v) is 8.47. The van der Waals surface area contributed by atoms with Gasteiger partial charge in [0.15, 0.2) is 0 Å². The van der Waals surface area contributed by atoms with Gasteiger partial charge in [0.05, 0.1) is 17.1 Å². The lowest BCUT2D eigenvalue weighted by atomic mass is 10.1. The molecule has 0 aliphatic carbocycles. The van der Waals surface area contributed by atoms with Crippen molar-refractivity contribution >= 4 is 11.5 Å². The number of nitrogens with two attached hydrogens (primary N) is 1. The first-order chi connectivity index (χ1) is 6.24. The first-order valence-electron chi connectivity index (χ1n) is 4.11. The van der Waals surface area contributed by atoms with Gasteiger partial charge < -0.3 is 0 Å². The van der Waals surface area contributed by atoms with Crippen LogP contribution < -0.4 is 11.3 Å². The van der Waals surface area contributed by atoms with Crippen LogP contribution in [0, 0.1) is 0 Å². The van der Waals surface area contributed by atoms with Crippen molar-refractivity contribution in [1.82, 2.24) is 15.0 Å². The Labute approximate surface area is 82.0 Å². The van der Waals surface area contributed by atoms with E-state index in [1.54, 1.807) is 6.20 Å². The molecule has 0 radical (unpaired) electrons. The van der Waals surface area contributed by atoms with E-state index in [0.717, 1.165) is 23.3 Å². The van der Waals surface area contributed by atoms with Crippen LogP contribution in [0.4, 0.5) is 0 Å². The molecule has 72 valence electrons. The largest absolute Gasteiger partial charge is 0.271 e. The van der Waals surface area contributed by atoms with Gasteiger partial charge in [0, 0.05) is 0 Å². The summed E-state index contributed by atoms with van der Waals surface area (Å²) in [5.41, 5.74) is 3.91. The highest BCUT2D eigenvalue weighted by atomic mass is 32.1. The molecule has 13 heavy (non-hydrogen) atoms. The summed E-state index contributed by atoms with van der Waals surface area (Å²) in [6.07, 6.45) is 3.65. The van der Waals surface area contributed by atoms with E-state index in [2.05, 4.69) is 21.6 Å². The molecule has 4 nitrogen and oxygen atoms in total. The third-order valence-electron chi connectivity index (χ3n) is 1.78. The maximum Gasteiger partial charge on any atom is 0.0669 e. The Bertz CT molecular complexity index is 257. The van der Waals surface area contributed by atoms with Gasteiger partial charge in [-0.2, -0.15) is 0 Å². The van der Waals surface area contributed by atoms with Crippen LogP contribution in [-0.4, -0.2) is 9.59 Å². The SMILES string of the molecule is C=C(C)CCC(NN)c1cnns1. The minimum absolute atomic E-state index is 0.150. The van der Waals surface area contributed by atoms with Gasteiger partial charge in [0.1, 0.15) is 0 Å². The van der Waals surface area contributed by atoms with E-state index in [1.807, 2.05) is 6.92 Å². The average Bonchev–Trinajstić information content (AvgIpc) is 2.58. The first-order valence-corrected chi connectivity index (χ1v) is 4.89. The van der Waals surface area contributed by atoms with E-state index >= 15 is 0 Å². The third-order valence-corrected chi connectivity index (χ3v) is 2.56. The van der Waals surface area contributed by atoms with Gasteiger partial charge >= 0.3 is 0 Å². The Kier molecular flexibility index (Phi) is 4.01. The van der Waals surface area contributed by atoms with Crippen LogP contribution in [0.5, 0.6) is 0 Å². The summed E-state index contributed by atoms with van der Waals surface area (Å²) in [5.74, 6) is 5.42. The van der Waals surface area contributed by atoms with Gasteiger partial charge in [0.25, 0.3) is 0 Å². The molecule has 1 heterocycles. The number of hydrazine groups is 1. The van der Waals surface area contributed by atoms with Gasteiger partial charge in [-0.3, -0.25) is 11.3 Å². The van der Waals surface area contributed by atoms with Crippen LogP contribution in [0.3, 0.4) is 0 Å². The molecule has 1 aromatic heterocycles. The number of aromatic nitrogens is 2. The summed E-state index contributed by atoms with van der Waals surface area (Å²) in [4.78, 5) is 1.07. The molecule has 0 bridgehead atoms. The Morgan fingerprint density at radius 3 is 3.08 bits per heavy atom. The van der Waals surface area contributed by atoms with E-state index in [-0.39, 0.29) is 6.04 Å². The molecule has 0 aliphatic rings. The predicted molar refractivity (Wildman–Crippen MR) is 54.0 cm³/mol. The minimum atomic E-state index is 0.150. The van der Waals surface area contributed by atoms with Crippen molar-refractivity contribution in [3.8, 4) is 0 Å². The number of nitrogens with one attached hydrogen (secondary N) is 1. The smallest absolute Gasteiger partial charge is 0.0669 e. The Morgan fingerprint density at radius 1 is 1.85 bits per heavy atom. The van der Waals surface area contributed by atoms with Crippen LogP contribution in [0.15, 0.2) is 18.3 Å². The molecule has 0 spiro atoms. The molecule has 3 N–H and O–H groups in total. The maximum absolute atomic E-state index is 5.42. The molecule has 0 fully saturated rings. The molecule has 0 aromatic carbocycles. The molecule has 0 saturated heterocycles. The summed E-state index contributed by atoms with van der Waals surface area (Å²) in [7, 11) is 0. The number of hydrogen-bond donors (Lipinski definition) is 2. The average molecular weight is 198 g/mol. The Balaban J connectivity index is 2.49. The number of rotatable bonds is 5. The highest BCUT2D eigenvalue weighted by molar-refractivity contribution is 7.05. The standard InChI is InChI=1S/C8H14N4S/c1-6(2)3-4-7(11-9)8-5-10-12-13-8/h5,7,11H,1,3-4,9H2,2H3. The van der Waals surface area contributed by atoms with Gasteiger partial charge in [-0.1, -0.05) is 10.1 Å². The molecule has 1 unspecified atom stereocenters. The van der Waals surface area contributed by atoms with Gasteiger partial charge in [-0.05, 0) is 31.3 Å². The second kappa shape index (κ2) is 5.06. The molecule has 0 aliphatic heterocycles. The predicted octanol–water partition coefficient (Wildman–Crippen LogP) is 1.40. The molecule has 5 heteroatoms. The zero-order chi connectivity index (χ0) is 9.68. The second-order valence-corrected chi connectivity index (χ2v) is 3.85. The molecular weight excluding hydrogens is 184 g/mol. The fraction of sp³-hybridized carbons (Fsp3) is 0.500. The molecule has 0 amide bonds. The normalized spacial score (nSPS) is 12.8. The quantitative estimate of drug-likeness (QED) is 0.426. The molecular formula is C8H14N4S.